The van der Waals surface area contributed by atoms with Crippen LogP contribution in [0.1, 0.15) is 15.9 Å². The second kappa shape index (κ2) is 7.05. The third kappa shape index (κ3) is 4.91. The fourth-order valence-corrected chi connectivity index (χ4v) is 1.27. The number of nitrogens with one attached hydrogen (secondary N) is 1. The van der Waals surface area contributed by atoms with E-state index in [1.807, 2.05) is 0 Å². The van der Waals surface area contributed by atoms with Gasteiger partial charge in [0.25, 0.3) is 0 Å². The van der Waals surface area contributed by atoms with Crippen LogP contribution in [0.3, 0.4) is 0 Å². The second-order valence-electron chi connectivity index (χ2n) is 3.92. The lowest BCUT2D eigenvalue weighted by Crippen LogP contribution is -2.35. The summed E-state index contributed by atoms with van der Waals surface area (Å²) < 4.78 is 0. The molecule has 1 aromatic rings. The molecule has 5 N–H and O–H groups in total. The molecule has 7 heteroatoms. The molecule has 0 saturated carbocycles. The Morgan fingerprint density at radius 1 is 1.25 bits per heavy atom. The average Bonchev–Trinajstić information content (AvgIpc) is 2.42. The number of carboxylic acids is 1. The molecular formula is C13H14N2O5. The molecule has 0 bridgehead atoms. The predicted octanol–water partition coefficient (Wildman–Crippen LogP) is -0.640. The number of carbonyl (C=O) groups excluding carboxylic acids is 2. The largest absolute Gasteiger partial charge is 0.479 e. The van der Waals surface area contributed by atoms with Crippen molar-refractivity contribution in [3.63, 3.8) is 0 Å². The molecule has 0 spiro atoms. The lowest BCUT2D eigenvalue weighted by atomic mass is 10.1. The third-order valence-electron chi connectivity index (χ3n) is 2.38. The Bertz CT molecular complexity index is 536. The van der Waals surface area contributed by atoms with Gasteiger partial charge in [0, 0.05) is 11.6 Å². The number of carbonyl (C=O) groups is 3. The zero-order valence-electron chi connectivity index (χ0n) is 10.4. The predicted molar refractivity (Wildman–Crippen MR) is 70.6 cm³/mol. The summed E-state index contributed by atoms with van der Waals surface area (Å²) in [6.45, 7) is -0.376. The van der Waals surface area contributed by atoms with Crippen molar-refractivity contribution in [2.45, 2.75) is 6.10 Å². The fourth-order valence-electron chi connectivity index (χ4n) is 1.27. The fraction of sp³-hybridized carbons (Fsp3) is 0.154. The van der Waals surface area contributed by atoms with Crippen LogP contribution in [0.5, 0.6) is 0 Å². The number of nitrogens with two attached hydrogens (primary N) is 1. The maximum Gasteiger partial charge on any atom is 0.334 e. The van der Waals surface area contributed by atoms with Crippen LogP contribution in [0.2, 0.25) is 0 Å². The van der Waals surface area contributed by atoms with E-state index in [2.05, 4.69) is 5.32 Å². The summed E-state index contributed by atoms with van der Waals surface area (Å²) in [5, 5.41) is 19.6. The van der Waals surface area contributed by atoms with Gasteiger partial charge in [0.05, 0.1) is 6.54 Å². The van der Waals surface area contributed by atoms with E-state index in [-0.39, 0.29) is 6.54 Å². The van der Waals surface area contributed by atoms with Crippen molar-refractivity contribution in [2.75, 3.05) is 6.54 Å². The number of aliphatic hydroxyl groups is 1. The molecule has 1 atom stereocenters. The van der Waals surface area contributed by atoms with Crippen LogP contribution >= 0.6 is 0 Å². The molecule has 106 valence electrons. The molecule has 0 aromatic heterocycles. The van der Waals surface area contributed by atoms with E-state index in [9.17, 15) is 14.4 Å². The van der Waals surface area contributed by atoms with Crippen LogP contribution in [0.4, 0.5) is 0 Å². The first-order chi connectivity index (χ1) is 9.40. The normalized spacial score (nSPS) is 12.1. The molecule has 20 heavy (non-hydrogen) atoms. The molecule has 1 aromatic carbocycles. The van der Waals surface area contributed by atoms with Crippen LogP contribution in [-0.4, -0.2) is 40.6 Å². The Morgan fingerprint density at radius 2 is 1.85 bits per heavy atom. The highest BCUT2D eigenvalue weighted by Gasteiger charge is 2.12. The van der Waals surface area contributed by atoms with Gasteiger partial charge >= 0.3 is 5.97 Å². The minimum absolute atomic E-state index is 0.358. The van der Waals surface area contributed by atoms with E-state index in [4.69, 9.17) is 15.9 Å². The highest BCUT2D eigenvalue weighted by Crippen LogP contribution is 2.05. The summed E-state index contributed by atoms with van der Waals surface area (Å²) in [5.74, 6) is -2.48. The summed E-state index contributed by atoms with van der Waals surface area (Å²) in [7, 11) is 0. The maximum atomic E-state index is 11.3. The molecule has 1 rings (SSSR count). The average molecular weight is 278 g/mol. The number of rotatable bonds is 6. The van der Waals surface area contributed by atoms with Gasteiger partial charge in [0.2, 0.25) is 11.8 Å². The van der Waals surface area contributed by atoms with Gasteiger partial charge in [-0.15, -0.1) is 0 Å². The van der Waals surface area contributed by atoms with E-state index >= 15 is 0 Å². The molecule has 7 nitrogen and oxygen atoms in total. The SMILES string of the molecule is NC(=O)c1ccc(/C=C/C(=O)NC[C@H](O)C(=O)O)cc1. The van der Waals surface area contributed by atoms with Crippen molar-refractivity contribution < 1.29 is 24.6 Å². The lowest BCUT2D eigenvalue weighted by Gasteiger charge is -2.05. The van der Waals surface area contributed by atoms with Gasteiger partial charge in [-0.1, -0.05) is 12.1 Å². The van der Waals surface area contributed by atoms with Crippen molar-refractivity contribution in [1.82, 2.24) is 5.32 Å². The van der Waals surface area contributed by atoms with Gasteiger partial charge < -0.3 is 21.3 Å². The Labute approximate surface area is 114 Å². The molecule has 0 fully saturated rings. The molecule has 0 aliphatic heterocycles. The summed E-state index contributed by atoms with van der Waals surface area (Å²) in [6, 6.07) is 6.26. The highest BCUT2D eigenvalue weighted by atomic mass is 16.4. The van der Waals surface area contributed by atoms with Crippen molar-refractivity contribution in [1.29, 1.82) is 0 Å². The number of hydrogen-bond donors (Lipinski definition) is 4. The number of amides is 2. The second-order valence-corrected chi connectivity index (χ2v) is 3.92. The first kappa shape index (κ1) is 15.4. The molecule has 0 heterocycles. The number of carboxylic acid groups (broad SMARTS) is 1. The van der Waals surface area contributed by atoms with E-state index in [0.717, 1.165) is 0 Å². The minimum atomic E-state index is -1.64. The molecule has 0 aliphatic carbocycles. The van der Waals surface area contributed by atoms with Gasteiger partial charge in [-0.05, 0) is 23.8 Å². The van der Waals surface area contributed by atoms with Crippen molar-refractivity contribution >= 4 is 23.9 Å². The maximum absolute atomic E-state index is 11.3. The topological polar surface area (TPSA) is 130 Å². The van der Waals surface area contributed by atoms with E-state index in [0.29, 0.717) is 11.1 Å². The molecule has 0 saturated heterocycles. The Kier molecular flexibility index (Phi) is 5.42. The Morgan fingerprint density at radius 3 is 2.35 bits per heavy atom. The monoisotopic (exact) mass is 278 g/mol. The molecule has 2 amide bonds. The lowest BCUT2D eigenvalue weighted by molar-refractivity contribution is -0.146. The summed E-state index contributed by atoms with van der Waals surface area (Å²) >= 11 is 0. The molecule has 0 unspecified atom stereocenters. The van der Waals surface area contributed by atoms with Gasteiger partial charge in [-0.25, -0.2) is 4.79 Å². The van der Waals surface area contributed by atoms with E-state index in [1.165, 1.54) is 24.3 Å². The Hall–Kier alpha value is -2.67. The molecule has 0 radical (unpaired) electrons. The van der Waals surface area contributed by atoms with Crippen molar-refractivity contribution in [3.05, 3.63) is 41.5 Å². The summed E-state index contributed by atoms with van der Waals surface area (Å²) in [6.07, 6.45) is 1.03. The molecular weight excluding hydrogens is 264 g/mol. The van der Waals surface area contributed by atoms with Gasteiger partial charge in [-0.3, -0.25) is 9.59 Å². The number of aliphatic carboxylic acids is 1. The van der Waals surface area contributed by atoms with Gasteiger partial charge in [-0.2, -0.15) is 0 Å². The van der Waals surface area contributed by atoms with Gasteiger partial charge in [0.15, 0.2) is 6.10 Å². The smallest absolute Gasteiger partial charge is 0.334 e. The number of aliphatic hydroxyl groups excluding tert-OH is 1. The third-order valence-corrected chi connectivity index (χ3v) is 2.38. The Balaban J connectivity index is 2.53. The quantitative estimate of drug-likeness (QED) is 0.514. The molecule has 0 aliphatic rings. The standard InChI is InChI=1S/C13H14N2O5/c14-12(18)9-4-1-8(2-5-9)3-6-11(17)15-7-10(16)13(19)20/h1-6,10,16H,7H2,(H2,14,18)(H,15,17)(H,19,20)/b6-3+/t10-/m0/s1. The van der Waals surface area contributed by atoms with Crippen LogP contribution in [-0.2, 0) is 9.59 Å². The first-order valence-electron chi connectivity index (χ1n) is 5.67. The number of hydrogen-bond acceptors (Lipinski definition) is 4. The highest BCUT2D eigenvalue weighted by molar-refractivity contribution is 5.94. The van der Waals surface area contributed by atoms with E-state index in [1.54, 1.807) is 12.1 Å². The van der Waals surface area contributed by atoms with Crippen LogP contribution in [0.25, 0.3) is 6.08 Å². The summed E-state index contributed by atoms with van der Waals surface area (Å²) in [4.78, 5) is 32.5. The van der Waals surface area contributed by atoms with E-state index < -0.39 is 23.9 Å². The van der Waals surface area contributed by atoms with Crippen LogP contribution in [0, 0.1) is 0 Å². The summed E-state index contributed by atoms with van der Waals surface area (Å²) in [5.41, 5.74) is 6.11. The van der Waals surface area contributed by atoms with Crippen molar-refractivity contribution in [2.24, 2.45) is 5.73 Å². The van der Waals surface area contributed by atoms with Crippen molar-refractivity contribution in [3.8, 4) is 0 Å². The van der Waals surface area contributed by atoms with Crippen LogP contribution in [0.15, 0.2) is 30.3 Å². The zero-order valence-corrected chi connectivity index (χ0v) is 10.4. The van der Waals surface area contributed by atoms with Crippen LogP contribution < -0.4 is 11.1 Å². The van der Waals surface area contributed by atoms with Gasteiger partial charge in [0.1, 0.15) is 0 Å². The number of benzene rings is 1. The zero-order chi connectivity index (χ0) is 15.1. The number of primary amides is 1. The first-order valence-corrected chi connectivity index (χ1v) is 5.67. The minimum Gasteiger partial charge on any atom is -0.479 e.